The number of benzene rings is 1. The first-order valence-electron chi connectivity index (χ1n) is 19.4. The van der Waals surface area contributed by atoms with Crippen molar-refractivity contribution in [3.05, 3.63) is 36.4 Å². The molecule has 4 amide bonds. The zero-order valence-electron chi connectivity index (χ0n) is 33.5. The fraction of sp³-hybridized carbons (Fsp3) is 0.625. The van der Waals surface area contributed by atoms with E-state index < -0.39 is 86.4 Å². The SMILES string of the molecule is COc1ccc2nc(OC)c(O[C@@H]3C[C@H]4C(=O)N[C@]5(C(=O)NS(=O)(=O)C6(CF)CC6)C[C@H]5/C=C\CC[C@@H](C)C[C@@H](C)[C@H](N(C(=O)O)C(C)(C)C)C(=O)N4C3)cc2c1. The van der Waals surface area contributed by atoms with Gasteiger partial charge in [0.25, 0.3) is 11.8 Å². The van der Waals surface area contributed by atoms with Crippen molar-refractivity contribution >= 4 is 44.7 Å². The van der Waals surface area contributed by atoms with E-state index in [0.29, 0.717) is 35.9 Å². The van der Waals surface area contributed by atoms with Crippen molar-refractivity contribution in [3.8, 4) is 17.4 Å². The number of rotatable bonds is 9. The lowest BCUT2D eigenvalue weighted by atomic mass is 9.85. The molecule has 6 rings (SSSR count). The maximum absolute atomic E-state index is 15.1. The molecular formula is C40H54FN5O10S. The van der Waals surface area contributed by atoms with Gasteiger partial charge in [-0.15, -0.1) is 0 Å². The van der Waals surface area contributed by atoms with Gasteiger partial charge < -0.3 is 29.5 Å². The number of ether oxygens (including phenoxy) is 3. The number of fused-ring (bicyclic) bond motifs is 3. The van der Waals surface area contributed by atoms with Crippen LogP contribution in [0.15, 0.2) is 36.4 Å². The third-order valence-electron chi connectivity index (χ3n) is 11.9. The van der Waals surface area contributed by atoms with Gasteiger partial charge in [-0.3, -0.25) is 24.0 Å². The Labute approximate surface area is 332 Å². The standard InChI is InChI=1S/C40H54FN5O10S/c1-23-10-8-9-11-26-20-40(26,36(49)44-57(52,53)39(22-41)14-15-39)43-33(47)30-19-28(56-31-18-25-17-27(54-6)12-13-29(25)42-34(31)55-7)21-45(30)35(48)32(24(2)16-23)46(37(50)51)38(3,4)5/h9,11-13,17-18,23-24,26,28,30,32H,8,10,14-16,19-22H2,1-7H3,(H,43,47)(H,44,49)(H,50,51)/b11-9-/t23-,24-,26-,28-,30+,32+,40-/m1/s1. The van der Waals surface area contributed by atoms with Gasteiger partial charge in [0, 0.05) is 23.3 Å². The molecule has 0 radical (unpaired) electrons. The Balaban J connectivity index is 1.40. The number of carbonyl (C=O) groups is 4. The van der Waals surface area contributed by atoms with Crippen LogP contribution in [0.25, 0.3) is 10.9 Å². The summed E-state index contributed by atoms with van der Waals surface area (Å²) < 4.78 is 58.1. The zero-order valence-corrected chi connectivity index (χ0v) is 34.4. The van der Waals surface area contributed by atoms with Gasteiger partial charge in [0.2, 0.25) is 21.8 Å². The number of nitrogens with zero attached hydrogens (tertiary/aromatic N) is 3. The predicted molar refractivity (Wildman–Crippen MR) is 208 cm³/mol. The summed E-state index contributed by atoms with van der Waals surface area (Å²) >= 11 is 0. The summed E-state index contributed by atoms with van der Waals surface area (Å²) in [5.41, 5.74) is -2.10. The van der Waals surface area contributed by atoms with Gasteiger partial charge >= 0.3 is 6.09 Å². The molecule has 0 spiro atoms. The highest BCUT2D eigenvalue weighted by molar-refractivity contribution is 7.91. The van der Waals surface area contributed by atoms with Crippen LogP contribution in [0.3, 0.4) is 0 Å². The molecule has 1 aromatic heterocycles. The number of sulfonamides is 1. The average molecular weight is 816 g/mol. The number of allylic oxidation sites excluding steroid dienone is 1. The number of carboxylic acid groups (broad SMARTS) is 1. The van der Waals surface area contributed by atoms with Gasteiger partial charge in [0.05, 0.1) is 26.3 Å². The minimum absolute atomic E-state index is 0.0604. The smallest absolute Gasteiger partial charge is 0.408 e. The summed E-state index contributed by atoms with van der Waals surface area (Å²) in [7, 11) is -1.44. The van der Waals surface area contributed by atoms with Gasteiger partial charge in [-0.05, 0) is 95.4 Å². The first-order chi connectivity index (χ1) is 26.8. The largest absolute Gasteiger partial charge is 0.497 e. The highest BCUT2D eigenvalue weighted by Gasteiger charge is 2.64. The molecule has 17 heteroatoms. The van der Waals surface area contributed by atoms with Crippen LogP contribution in [0.2, 0.25) is 0 Å². The summed E-state index contributed by atoms with van der Waals surface area (Å²) in [4.78, 5) is 63.6. The van der Waals surface area contributed by atoms with E-state index in [1.807, 2.05) is 19.9 Å². The Morgan fingerprint density at radius 1 is 1.12 bits per heavy atom. The number of methoxy groups -OCH3 is 2. The van der Waals surface area contributed by atoms with Crippen LogP contribution >= 0.6 is 0 Å². The van der Waals surface area contributed by atoms with Crippen LogP contribution in [0, 0.1) is 17.8 Å². The number of carbonyl (C=O) groups excluding carboxylic acids is 3. The highest BCUT2D eigenvalue weighted by atomic mass is 32.2. The van der Waals surface area contributed by atoms with Gasteiger partial charge in [0.15, 0.2) is 5.75 Å². The second-order valence-corrected chi connectivity index (χ2v) is 19.2. The predicted octanol–water partition coefficient (Wildman–Crippen LogP) is 4.58. The monoisotopic (exact) mass is 815 g/mol. The lowest BCUT2D eigenvalue weighted by molar-refractivity contribution is -0.146. The van der Waals surface area contributed by atoms with Gasteiger partial charge in [-0.1, -0.05) is 26.0 Å². The molecule has 15 nitrogen and oxygen atoms in total. The van der Waals surface area contributed by atoms with E-state index in [1.165, 1.54) is 19.1 Å². The van der Waals surface area contributed by atoms with E-state index in [4.69, 9.17) is 14.2 Å². The van der Waals surface area contributed by atoms with Crippen LogP contribution in [-0.4, -0.2) is 114 Å². The number of pyridine rings is 1. The lowest BCUT2D eigenvalue weighted by Gasteiger charge is -2.43. The minimum Gasteiger partial charge on any atom is -0.497 e. The Kier molecular flexibility index (Phi) is 11.5. The molecule has 3 N–H and O–H groups in total. The van der Waals surface area contributed by atoms with Crippen LogP contribution < -0.4 is 24.2 Å². The molecule has 2 aromatic rings. The Morgan fingerprint density at radius 3 is 2.46 bits per heavy atom. The summed E-state index contributed by atoms with van der Waals surface area (Å²) in [6.07, 6.45) is 3.48. The molecule has 2 aliphatic heterocycles. The number of hydrogen-bond donors (Lipinski definition) is 3. The third-order valence-corrected chi connectivity index (χ3v) is 14.0. The second kappa shape index (κ2) is 15.6. The zero-order chi connectivity index (χ0) is 41.7. The Hall–Kier alpha value is -4.67. The number of amides is 4. The normalized spacial score (nSPS) is 29.4. The molecule has 57 heavy (non-hydrogen) atoms. The fourth-order valence-corrected chi connectivity index (χ4v) is 9.80. The van der Waals surface area contributed by atoms with E-state index in [0.717, 1.165) is 4.90 Å². The van der Waals surface area contributed by atoms with Crippen molar-refractivity contribution in [1.82, 2.24) is 24.8 Å². The highest BCUT2D eigenvalue weighted by Crippen LogP contribution is 2.48. The second-order valence-electron chi connectivity index (χ2n) is 17.2. The van der Waals surface area contributed by atoms with Crippen LogP contribution in [0.1, 0.15) is 79.6 Å². The van der Waals surface area contributed by atoms with E-state index in [-0.39, 0.29) is 49.8 Å². The summed E-state index contributed by atoms with van der Waals surface area (Å²) in [5.74, 6) is -2.34. The molecule has 7 atom stereocenters. The molecule has 3 heterocycles. The number of aromatic nitrogens is 1. The number of hydrogen-bond acceptors (Lipinski definition) is 10. The molecule has 2 saturated carbocycles. The Morgan fingerprint density at radius 2 is 1.84 bits per heavy atom. The number of halogens is 1. The maximum Gasteiger partial charge on any atom is 0.408 e. The first kappa shape index (κ1) is 41.9. The van der Waals surface area contributed by atoms with E-state index in [1.54, 1.807) is 51.1 Å². The summed E-state index contributed by atoms with van der Waals surface area (Å²) in [6.45, 7) is 7.70. The quantitative estimate of drug-likeness (QED) is 0.300. The Bertz CT molecular complexity index is 2050. The fourth-order valence-electron chi connectivity index (χ4n) is 8.37. The van der Waals surface area contributed by atoms with Gasteiger partial charge in [-0.2, -0.15) is 0 Å². The van der Waals surface area contributed by atoms with Crippen molar-refractivity contribution < 1.29 is 51.3 Å². The van der Waals surface area contributed by atoms with Crippen LogP contribution in [0.4, 0.5) is 9.18 Å². The number of nitrogens with one attached hydrogen (secondary N) is 2. The summed E-state index contributed by atoms with van der Waals surface area (Å²) in [6, 6.07) is 4.54. The van der Waals surface area contributed by atoms with E-state index in [2.05, 4.69) is 15.0 Å². The number of alkyl halides is 1. The lowest BCUT2D eigenvalue weighted by Crippen LogP contribution is -2.62. The molecule has 0 unspecified atom stereocenters. The van der Waals surface area contributed by atoms with Crippen LogP contribution in [0.5, 0.6) is 17.4 Å². The van der Waals surface area contributed by atoms with E-state index >= 15 is 4.79 Å². The van der Waals surface area contributed by atoms with Gasteiger partial charge in [-0.25, -0.2) is 22.6 Å². The molecule has 2 aliphatic carbocycles. The molecule has 312 valence electrons. The van der Waals surface area contributed by atoms with Gasteiger partial charge in [0.1, 0.15) is 40.9 Å². The molecule has 1 aromatic carbocycles. The average Bonchev–Trinajstić information content (AvgIpc) is 4.05. The molecule has 1 saturated heterocycles. The van der Waals surface area contributed by atoms with Crippen molar-refractivity contribution in [2.24, 2.45) is 17.8 Å². The topological polar surface area (TPSA) is 194 Å². The maximum atomic E-state index is 15.1. The molecule has 4 aliphatic rings. The molecular weight excluding hydrogens is 762 g/mol. The molecule has 3 fully saturated rings. The summed E-state index contributed by atoms with van der Waals surface area (Å²) in [5, 5.41) is 14.1. The van der Waals surface area contributed by atoms with Crippen molar-refractivity contribution in [2.75, 3.05) is 27.4 Å². The van der Waals surface area contributed by atoms with Crippen LogP contribution in [-0.2, 0) is 24.4 Å². The van der Waals surface area contributed by atoms with Crippen molar-refractivity contribution in [1.29, 1.82) is 0 Å². The molecule has 0 bridgehead atoms. The van der Waals surface area contributed by atoms with Crippen molar-refractivity contribution in [3.63, 3.8) is 0 Å². The van der Waals surface area contributed by atoms with E-state index in [9.17, 15) is 32.3 Å². The first-order valence-corrected chi connectivity index (χ1v) is 20.9. The minimum atomic E-state index is -4.41. The third kappa shape index (κ3) is 8.21. The van der Waals surface area contributed by atoms with Crippen molar-refractivity contribution in [2.45, 2.75) is 114 Å².